The summed E-state index contributed by atoms with van der Waals surface area (Å²) < 4.78 is 12.1. The van der Waals surface area contributed by atoms with E-state index in [0.717, 1.165) is 41.6 Å². The first-order chi connectivity index (χ1) is 16.0. The first-order valence-electron chi connectivity index (χ1n) is 10.9. The molecule has 0 aromatic carbocycles. The van der Waals surface area contributed by atoms with E-state index in [4.69, 9.17) is 0 Å². The van der Waals surface area contributed by atoms with Gasteiger partial charge in [0.25, 0.3) is 5.91 Å². The Morgan fingerprint density at radius 3 is 2.61 bits per heavy atom. The summed E-state index contributed by atoms with van der Waals surface area (Å²) in [4.78, 5) is 32.6. The van der Waals surface area contributed by atoms with Crippen molar-refractivity contribution in [2.45, 2.75) is 39.0 Å². The summed E-state index contributed by atoms with van der Waals surface area (Å²) in [5, 5.41) is 13.8. The van der Waals surface area contributed by atoms with Gasteiger partial charge in [-0.05, 0) is 49.6 Å². The molecule has 3 heterocycles. The van der Waals surface area contributed by atoms with Gasteiger partial charge in [0.2, 0.25) is 5.91 Å². The molecule has 0 unspecified atom stereocenters. The van der Waals surface area contributed by atoms with Crippen molar-refractivity contribution in [3.05, 3.63) is 54.2 Å². The Balaban J connectivity index is 1.77. The Hall–Kier alpha value is -3.75. The lowest BCUT2D eigenvalue weighted by molar-refractivity contribution is -0.116. The van der Waals surface area contributed by atoms with E-state index in [9.17, 15) is 14.0 Å². The number of nitrogens with one attached hydrogen (secondary N) is 2. The van der Waals surface area contributed by atoms with Crippen molar-refractivity contribution in [2.75, 3.05) is 19.0 Å². The van der Waals surface area contributed by atoms with Crippen LogP contribution in [0.3, 0.4) is 0 Å². The first-order valence-corrected chi connectivity index (χ1v) is 10.9. The SMILES string of the molecule is CNC(=O)c1cc(-c2cnnc(-c3cc(NC(=O)CCCCCCF)cnc3C)c2)ccn1. The molecule has 0 radical (unpaired) electrons. The summed E-state index contributed by atoms with van der Waals surface area (Å²) in [5.41, 5.74) is 4.51. The Morgan fingerprint density at radius 2 is 1.82 bits per heavy atom. The number of hydrogen-bond acceptors (Lipinski definition) is 6. The molecule has 0 bridgehead atoms. The molecule has 8 nitrogen and oxygen atoms in total. The molecular formula is C24H27FN6O2. The minimum Gasteiger partial charge on any atom is -0.354 e. The number of nitrogens with zero attached hydrogens (tertiary/aromatic N) is 4. The average Bonchev–Trinajstić information content (AvgIpc) is 2.84. The summed E-state index contributed by atoms with van der Waals surface area (Å²) in [6, 6.07) is 7.16. The summed E-state index contributed by atoms with van der Waals surface area (Å²) >= 11 is 0. The number of aryl methyl sites for hydroxylation is 1. The maximum absolute atomic E-state index is 12.2. The molecule has 0 aliphatic carbocycles. The number of carbonyl (C=O) groups excluding carboxylic acids is 2. The lowest BCUT2D eigenvalue weighted by Gasteiger charge is -2.10. The van der Waals surface area contributed by atoms with Gasteiger partial charge in [-0.2, -0.15) is 10.2 Å². The molecule has 0 spiro atoms. The number of halogens is 1. The maximum Gasteiger partial charge on any atom is 0.269 e. The molecule has 3 rings (SSSR count). The van der Waals surface area contributed by atoms with Crippen LogP contribution in [0.15, 0.2) is 42.9 Å². The third kappa shape index (κ3) is 6.61. The highest BCUT2D eigenvalue weighted by atomic mass is 19.1. The van der Waals surface area contributed by atoms with Crippen LogP contribution in [-0.2, 0) is 4.79 Å². The third-order valence-electron chi connectivity index (χ3n) is 5.14. The van der Waals surface area contributed by atoms with E-state index < -0.39 is 0 Å². The second-order valence-electron chi connectivity index (χ2n) is 7.60. The van der Waals surface area contributed by atoms with Crippen LogP contribution in [0.4, 0.5) is 10.1 Å². The summed E-state index contributed by atoms with van der Waals surface area (Å²) in [6.45, 7) is 1.54. The normalized spacial score (nSPS) is 10.6. The van der Waals surface area contributed by atoms with Crippen LogP contribution >= 0.6 is 0 Å². The van der Waals surface area contributed by atoms with Crippen LogP contribution in [0, 0.1) is 6.92 Å². The van der Waals surface area contributed by atoms with Crippen LogP contribution in [0.2, 0.25) is 0 Å². The number of unbranched alkanes of at least 4 members (excludes halogenated alkanes) is 3. The second-order valence-corrected chi connectivity index (χ2v) is 7.60. The van der Waals surface area contributed by atoms with E-state index >= 15 is 0 Å². The van der Waals surface area contributed by atoms with E-state index in [1.54, 1.807) is 37.8 Å². The van der Waals surface area contributed by atoms with Gasteiger partial charge in [-0.1, -0.05) is 12.8 Å². The number of pyridine rings is 2. The van der Waals surface area contributed by atoms with Crippen molar-refractivity contribution >= 4 is 17.5 Å². The fraction of sp³-hybridized carbons (Fsp3) is 0.333. The molecule has 172 valence electrons. The summed E-state index contributed by atoms with van der Waals surface area (Å²) in [5.74, 6) is -0.379. The van der Waals surface area contributed by atoms with Gasteiger partial charge >= 0.3 is 0 Å². The predicted octanol–water partition coefficient (Wildman–Crippen LogP) is 4.13. The fourth-order valence-electron chi connectivity index (χ4n) is 3.34. The van der Waals surface area contributed by atoms with Crippen LogP contribution < -0.4 is 10.6 Å². The molecule has 2 amide bonds. The molecule has 0 saturated heterocycles. The van der Waals surface area contributed by atoms with Crippen LogP contribution in [-0.4, -0.2) is 45.7 Å². The molecule has 9 heteroatoms. The number of rotatable bonds is 10. The first kappa shape index (κ1) is 23.9. The van der Waals surface area contributed by atoms with Crippen LogP contribution in [0.25, 0.3) is 22.4 Å². The average molecular weight is 451 g/mol. The van der Waals surface area contributed by atoms with E-state index in [-0.39, 0.29) is 18.5 Å². The van der Waals surface area contributed by atoms with Gasteiger partial charge in [0.1, 0.15) is 5.69 Å². The number of amides is 2. The fourth-order valence-corrected chi connectivity index (χ4v) is 3.34. The number of carbonyl (C=O) groups is 2. The zero-order chi connectivity index (χ0) is 23.6. The van der Waals surface area contributed by atoms with Gasteiger partial charge < -0.3 is 10.6 Å². The smallest absolute Gasteiger partial charge is 0.269 e. The molecule has 3 aromatic rings. The van der Waals surface area contributed by atoms with Gasteiger partial charge in [-0.25, -0.2) is 0 Å². The summed E-state index contributed by atoms with van der Waals surface area (Å²) in [6.07, 6.45) is 8.04. The monoisotopic (exact) mass is 450 g/mol. The quantitative estimate of drug-likeness (QED) is 0.450. The number of anilines is 1. The Bertz CT molecular complexity index is 1120. The van der Waals surface area contributed by atoms with Crippen LogP contribution in [0.5, 0.6) is 0 Å². The van der Waals surface area contributed by atoms with Crippen LogP contribution in [0.1, 0.15) is 48.3 Å². The Labute approximate surface area is 192 Å². The molecular weight excluding hydrogens is 423 g/mol. The molecule has 0 saturated carbocycles. The molecule has 0 aliphatic heterocycles. The van der Waals surface area contributed by atoms with Gasteiger partial charge in [0.05, 0.1) is 30.4 Å². The largest absolute Gasteiger partial charge is 0.354 e. The maximum atomic E-state index is 12.2. The standard InChI is InChI=1S/C24H27FN6O2/c1-16-20(13-19(15-28-16)30-23(32)7-5-3-4-6-9-25)21-12-18(14-29-31-21)17-8-10-27-22(11-17)24(33)26-2/h8,10-15H,3-7,9H2,1-2H3,(H,26,33)(H,30,32). The van der Waals surface area contributed by atoms with E-state index in [1.807, 2.05) is 19.1 Å². The Morgan fingerprint density at radius 1 is 1.00 bits per heavy atom. The molecule has 3 aromatic heterocycles. The van der Waals surface area contributed by atoms with Crippen molar-refractivity contribution in [1.29, 1.82) is 0 Å². The van der Waals surface area contributed by atoms with Crippen molar-refractivity contribution in [3.63, 3.8) is 0 Å². The van der Waals surface area contributed by atoms with E-state index in [1.165, 1.54) is 0 Å². The Kier molecular flexibility index (Phi) is 8.51. The minimum atomic E-state index is -0.315. The van der Waals surface area contributed by atoms with Gasteiger partial charge in [-0.15, -0.1) is 0 Å². The second kappa shape index (κ2) is 11.8. The highest BCUT2D eigenvalue weighted by Crippen LogP contribution is 2.27. The van der Waals surface area contributed by atoms with Crippen molar-refractivity contribution in [1.82, 2.24) is 25.5 Å². The van der Waals surface area contributed by atoms with Crippen molar-refractivity contribution in [2.24, 2.45) is 0 Å². The van der Waals surface area contributed by atoms with Gasteiger partial charge in [0, 0.05) is 36.5 Å². The molecule has 2 N–H and O–H groups in total. The summed E-state index contributed by atoms with van der Waals surface area (Å²) in [7, 11) is 1.55. The molecule has 0 atom stereocenters. The number of hydrogen-bond donors (Lipinski definition) is 2. The minimum absolute atomic E-state index is 0.106. The number of alkyl halides is 1. The zero-order valence-electron chi connectivity index (χ0n) is 18.8. The lowest BCUT2D eigenvalue weighted by atomic mass is 10.0. The third-order valence-corrected chi connectivity index (χ3v) is 5.14. The highest BCUT2D eigenvalue weighted by Gasteiger charge is 2.12. The van der Waals surface area contributed by atoms with Crippen molar-refractivity contribution < 1.29 is 14.0 Å². The van der Waals surface area contributed by atoms with E-state index in [2.05, 4.69) is 30.8 Å². The molecule has 0 fully saturated rings. The topological polar surface area (TPSA) is 110 Å². The number of aromatic nitrogens is 4. The van der Waals surface area contributed by atoms with Gasteiger partial charge in [0.15, 0.2) is 0 Å². The lowest BCUT2D eigenvalue weighted by Crippen LogP contribution is -2.19. The molecule has 33 heavy (non-hydrogen) atoms. The highest BCUT2D eigenvalue weighted by molar-refractivity contribution is 5.93. The van der Waals surface area contributed by atoms with Crippen molar-refractivity contribution in [3.8, 4) is 22.4 Å². The van der Waals surface area contributed by atoms with E-state index in [0.29, 0.717) is 29.9 Å². The molecule has 0 aliphatic rings. The predicted molar refractivity (Wildman–Crippen MR) is 124 cm³/mol. The zero-order valence-corrected chi connectivity index (χ0v) is 18.8. The van der Waals surface area contributed by atoms with Gasteiger partial charge in [-0.3, -0.25) is 23.9 Å².